The van der Waals surface area contributed by atoms with E-state index < -0.39 is 12.6 Å². The summed E-state index contributed by atoms with van der Waals surface area (Å²) in [5.41, 5.74) is 0. The molecule has 0 rings (SSSR count). The molecule has 5 heteroatoms. The summed E-state index contributed by atoms with van der Waals surface area (Å²) in [6.07, 6.45) is -3.55. The maximum atomic E-state index is 11.7. The average Bonchev–Trinajstić information content (AvgIpc) is 2.00. The van der Waals surface area contributed by atoms with Gasteiger partial charge in [-0.1, -0.05) is 0 Å². The molecule has 0 aliphatic rings. The number of rotatable bonds is 7. The van der Waals surface area contributed by atoms with E-state index in [1.807, 2.05) is 14.1 Å². The Morgan fingerprint density at radius 2 is 1.64 bits per heavy atom. The average molecular weight is 212 g/mol. The van der Waals surface area contributed by atoms with E-state index in [-0.39, 0.29) is 6.42 Å². The smallest absolute Gasteiger partial charge is 0.317 e. The van der Waals surface area contributed by atoms with E-state index in [1.165, 1.54) is 0 Å². The lowest BCUT2D eigenvalue weighted by atomic mass is 10.3. The third kappa shape index (κ3) is 11.7. The fourth-order valence-electron chi connectivity index (χ4n) is 1.06. The van der Waals surface area contributed by atoms with Crippen molar-refractivity contribution in [2.45, 2.75) is 25.4 Å². The van der Waals surface area contributed by atoms with Gasteiger partial charge in [0, 0.05) is 6.42 Å². The minimum atomic E-state index is -4.01. The van der Waals surface area contributed by atoms with Gasteiger partial charge in [-0.2, -0.15) is 13.2 Å². The molecule has 0 aliphatic heterocycles. The van der Waals surface area contributed by atoms with Crippen molar-refractivity contribution in [1.82, 2.24) is 10.2 Å². The molecule has 0 fully saturated rings. The summed E-state index contributed by atoms with van der Waals surface area (Å²) in [6.45, 7) is 2.20. The Balaban J connectivity index is 3.07. The fourth-order valence-corrected chi connectivity index (χ4v) is 1.06. The van der Waals surface area contributed by atoms with Crippen LogP contribution >= 0.6 is 0 Å². The zero-order chi connectivity index (χ0) is 11.0. The zero-order valence-corrected chi connectivity index (χ0v) is 8.82. The highest BCUT2D eigenvalue weighted by Gasteiger charge is 2.25. The van der Waals surface area contributed by atoms with Crippen LogP contribution in [0.5, 0.6) is 0 Å². The molecule has 0 aliphatic carbocycles. The van der Waals surface area contributed by atoms with Crippen molar-refractivity contribution < 1.29 is 13.2 Å². The molecule has 1 N–H and O–H groups in total. The Kier molecular flexibility index (Phi) is 6.92. The van der Waals surface area contributed by atoms with Crippen LogP contribution in [0.1, 0.15) is 19.3 Å². The largest absolute Gasteiger partial charge is 0.389 e. The molecule has 0 bridgehead atoms. The first kappa shape index (κ1) is 13.7. The molecule has 0 saturated carbocycles. The predicted molar refractivity (Wildman–Crippen MR) is 51.3 cm³/mol. The molecule has 0 aromatic heterocycles. The normalized spacial score (nSPS) is 12.4. The van der Waals surface area contributed by atoms with Gasteiger partial charge in [-0.05, 0) is 46.6 Å². The topological polar surface area (TPSA) is 15.3 Å². The molecule has 0 atom stereocenters. The summed E-state index contributed by atoms with van der Waals surface area (Å²) < 4.78 is 35.1. The van der Waals surface area contributed by atoms with Gasteiger partial charge in [0.2, 0.25) is 0 Å². The Labute approximate surface area is 83.5 Å². The number of nitrogens with one attached hydrogen (secondary N) is 1. The molecule has 0 aromatic carbocycles. The van der Waals surface area contributed by atoms with Crippen LogP contribution in [-0.2, 0) is 0 Å². The van der Waals surface area contributed by atoms with Crippen LogP contribution in [-0.4, -0.2) is 44.8 Å². The van der Waals surface area contributed by atoms with Gasteiger partial charge in [0.15, 0.2) is 0 Å². The van der Waals surface area contributed by atoms with Crippen molar-refractivity contribution >= 4 is 0 Å². The van der Waals surface area contributed by atoms with Crippen LogP contribution in [0, 0.1) is 0 Å². The van der Waals surface area contributed by atoms with Gasteiger partial charge in [0.25, 0.3) is 0 Å². The minimum absolute atomic E-state index is 0.172. The number of alkyl halides is 3. The van der Waals surface area contributed by atoms with Crippen molar-refractivity contribution in [1.29, 1.82) is 0 Å². The molecular weight excluding hydrogens is 193 g/mol. The predicted octanol–water partition coefficient (Wildman–Crippen LogP) is 1.87. The van der Waals surface area contributed by atoms with Gasteiger partial charge < -0.3 is 10.2 Å². The lowest BCUT2D eigenvalue weighted by Crippen LogP contribution is -2.23. The maximum absolute atomic E-state index is 11.7. The summed E-state index contributed by atoms with van der Waals surface area (Å²) in [6, 6.07) is 0. The summed E-state index contributed by atoms with van der Waals surface area (Å²) in [7, 11) is 3.95. The van der Waals surface area contributed by atoms with Crippen LogP contribution < -0.4 is 5.32 Å². The molecular formula is C9H19F3N2. The first-order valence-electron chi connectivity index (χ1n) is 4.84. The van der Waals surface area contributed by atoms with Crippen LogP contribution in [0.2, 0.25) is 0 Å². The Morgan fingerprint density at radius 3 is 2.14 bits per heavy atom. The molecule has 0 aromatic rings. The summed E-state index contributed by atoms with van der Waals surface area (Å²) >= 11 is 0. The zero-order valence-electron chi connectivity index (χ0n) is 8.82. The SMILES string of the molecule is CN(C)CCCNCCCC(F)(F)F. The third-order valence-electron chi connectivity index (χ3n) is 1.77. The van der Waals surface area contributed by atoms with E-state index in [0.717, 1.165) is 19.5 Å². The van der Waals surface area contributed by atoms with Crippen molar-refractivity contribution in [3.05, 3.63) is 0 Å². The quantitative estimate of drug-likeness (QED) is 0.648. The molecule has 0 unspecified atom stereocenters. The Bertz CT molecular complexity index is 135. The van der Waals surface area contributed by atoms with E-state index in [0.29, 0.717) is 6.54 Å². The van der Waals surface area contributed by atoms with Gasteiger partial charge in [0.1, 0.15) is 0 Å². The van der Waals surface area contributed by atoms with E-state index in [4.69, 9.17) is 0 Å². The first-order chi connectivity index (χ1) is 6.42. The lowest BCUT2D eigenvalue weighted by molar-refractivity contribution is -0.135. The standard InChI is InChI=1S/C9H19F3N2/c1-14(2)8-4-7-13-6-3-5-9(10,11)12/h13H,3-8H2,1-2H3. The van der Waals surface area contributed by atoms with Crippen molar-refractivity contribution in [3.8, 4) is 0 Å². The highest BCUT2D eigenvalue weighted by molar-refractivity contribution is 4.55. The van der Waals surface area contributed by atoms with Gasteiger partial charge >= 0.3 is 6.18 Å². The fraction of sp³-hybridized carbons (Fsp3) is 1.00. The van der Waals surface area contributed by atoms with Gasteiger partial charge in [-0.25, -0.2) is 0 Å². The Hall–Kier alpha value is -0.290. The highest BCUT2D eigenvalue weighted by atomic mass is 19.4. The molecule has 0 saturated heterocycles. The van der Waals surface area contributed by atoms with Crippen molar-refractivity contribution in [3.63, 3.8) is 0 Å². The van der Waals surface area contributed by atoms with Crippen LogP contribution in [0.15, 0.2) is 0 Å². The molecule has 2 nitrogen and oxygen atoms in total. The molecule has 0 spiro atoms. The van der Waals surface area contributed by atoms with Crippen LogP contribution in [0.25, 0.3) is 0 Å². The second-order valence-corrected chi connectivity index (χ2v) is 3.63. The second kappa shape index (κ2) is 7.06. The van der Waals surface area contributed by atoms with Gasteiger partial charge in [0.05, 0.1) is 0 Å². The van der Waals surface area contributed by atoms with Crippen molar-refractivity contribution in [2.24, 2.45) is 0 Å². The number of hydrogen-bond donors (Lipinski definition) is 1. The van der Waals surface area contributed by atoms with Gasteiger partial charge in [-0.15, -0.1) is 0 Å². The Morgan fingerprint density at radius 1 is 1.07 bits per heavy atom. The summed E-state index contributed by atoms with van der Waals surface area (Å²) in [4.78, 5) is 2.05. The molecule has 14 heavy (non-hydrogen) atoms. The third-order valence-corrected chi connectivity index (χ3v) is 1.77. The molecule has 86 valence electrons. The minimum Gasteiger partial charge on any atom is -0.317 e. The molecule has 0 radical (unpaired) electrons. The molecule has 0 heterocycles. The first-order valence-corrected chi connectivity index (χ1v) is 4.84. The lowest BCUT2D eigenvalue weighted by Gasteiger charge is -2.10. The van der Waals surface area contributed by atoms with Crippen LogP contribution in [0.3, 0.4) is 0 Å². The second-order valence-electron chi connectivity index (χ2n) is 3.63. The number of halogens is 3. The van der Waals surface area contributed by atoms with Gasteiger partial charge in [-0.3, -0.25) is 0 Å². The van der Waals surface area contributed by atoms with E-state index in [1.54, 1.807) is 0 Å². The summed E-state index contributed by atoms with van der Waals surface area (Å²) in [5, 5.41) is 2.99. The van der Waals surface area contributed by atoms with E-state index in [9.17, 15) is 13.2 Å². The van der Waals surface area contributed by atoms with Crippen molar-refractivity contribution in [2.75, 3.05) is 33.7 Å². The van der Waals surface area contributed by atoms with Crippen LogP contribution in [0.4, 0.5) is 13.2 Å². The maximum Gasteiger partial charge on any atom is 0.389 e. The van der Waals surface area contributed by atoms with E-state index >= 15 is 0 Å². The molecule has 0 amide bonds. The van der Waals surface area contributed by atoms with E-state index in [2.05, 4.69) is 10.2 Å². The summed E-state index contributed by atoms with van der Waals surface area (Å²) in [5.74, 6) is 0. The monoisotopic (exact) mass is 212 g/mol. The number of nitrogens with zero attached hydrogens (tertiary/aromatic N) is 1. The number of hydrogen-bond acceptors (Lipinski definition) is 2. The highest BCUT2D eigenvalue weighted by Crippen LogP contribution is 2.20.